The number of esters is 3. The molecule has 3 rings (SSSR count). The first kappa shape index (κ1) is 29.6. The molecule has 39 heavy (non-hydrogen) atoms. The van der Waals surface area contributed by atoms with Crippen molar-refractivity contribution in [2.24, 2.45) is 0 Å². The van der Waals surface area contributed by atoms with E-state index in [1.54, 1.807) is 32.9 Å². The molecule has 2 aliphatic rings. The molecule has 0 unspecified atom stereocenters. The Balaban J connectivity index is 2.07. The highest BCUT2D eigenvalue weighted by molar-refractivity contribution is 6.21. The van der Waals surface area contributed by atoms with Crippen LogP contribution in [0.15, 0.2) is 24.3 Å². The third kappa shape index (κ3) is 7.11. The van der Waals surface area contributed by atoms with Crippen molar-refractivity contribution in [1.82, 2.24) is 10.2 Å². The number of benzene rings is 1. The zero-order valence-electron chi connectivity index (χ0n) is 22.5. The van der Waals surface area contributed by atoms with Crippen molar-refractivity contribution in [1.29, 1.82) is 0 Å². The van der Waals surface area contributed by atoms with Gasteiger partial charge in [0.25, 0.3) is 11.8 Å². The molecule has 2 heterocycles. The van der Waals surface area contributed by atoms with Crippen LogP contribution in [0.3, 0.4) is 0 Å². The lowest BCUT2D eigenvalue weighted by atomic mass is 9.90. The zero-order chi connectivity index (χ0) is 29.1. The van der Waals surface area contributed by atoms with Crippen LogP contribution in [0.1, 0.15) is 62.3 Å². The monoisotopic (exact) mass is 548 g/mol. The Hall–Kier alpha value is -4.00. The third-order valence-corrected chi connectivity index (χ3v) is 5.78. The van der Waals surface area contributed by atoms with Gasteiger partial charge in [0.2, 0.25) is 0 Å². The summed E-state index contributed by atoms with van der Waals surface area (Å²) in [6.45, 7) is 7.66. The van der Waals surface area contributed by atoms with Crippen molar-refractivity contribution >= 4 is 35.8 Å². The Kier molecular flexibility index (Phi) is 8.95. The lowest BCUT2D eigenvalue weighted by molar-refractivity contribution is -0.228. The molecule has 0 saturated carbocycles. The summed E-state index contributed by atoms with van der Waals surface area (Å²) < 4.78 is 27.4. The number of nitrogens with one attached hydrogen (secondary N) is 1. The van der Waals surface area contributed by atoms with E-state index in [9.17, 15) is 28.8 Å². The van der Waals surface area contributed by atoms with Gasteiger partial charge in [-0.05, 0) is 32.9 Å². The predicted molar refractivity (Wildman–Crippen MR) is 131 cm³/mol. The van der Waals surface area contributed by atoms with Crippen molar-refractivity contribution in [2.45, 2.75) is 77.6 Å². The molecule has 2 aliphatic heterocycles. The molecule has 5 atom stereocenters. The van der Waals surface area contributed by atoms with Gasteiger partial charge in [-0.3, -0.25) is 28.9 Å². The van der Waals surface area contributed by atoms with Crippen LogP contribution in [0.4, 0.5) is 4.79 Å². The Labute approximate surface area is 225 Å². The van der Waals surface area contributed by atoms with Gasteiger partial charge >= 0.3 is 24.0 Å². The standard InChI is InChI=1S/C26H32N2O11/c1-13(29)35-12-19-21(36-14(2)30)22(37-15(3)31)20(18(38-19)11-27-25(34)39-26(4,5)6)28-23(32)16-9-7-8-10-17(16)24(28)33/h7-10,18-22H,11-12H2,1-6H3,(H,27,34)/t18-,19+,20-,21+,22+/m0/s1. The van der Waals surface area contributed by atoms with Gasteiger partial charge in [-0.15, -0.1) is 0 Å². The third-order valence-electron chi connectivity index (χ3n) is 5.78. The van der Waals surface area contributed by atoms with Gasteiger partial charge < -0.3 is 29.0 Å². The summed E-state index contributed by atoms with van der Waals surface area (Å²) in [6.07, 6.45) is -6.00. The number of nitrogens with zero attached hydrogens (tertiary/aromatic N) is 1. The molecule has 0 aromatic heterocycles. The van der Waals surface area contributed by atoms with E-state index in [-0.39, 0.29) is 17.7 Å². The second kappa shape index (κ2) is 11.8. The summed E-state index contributed by atoms with van der Waals surface area (Å²) in [5, 5.41) is 2.54. The normalized spacial score (nSPS) is 24.5. The summed E-state index contributed by atoms with van der Waals surface area (Å²) in [5.41, 5.74) is -0.583. The summed E-state index contributed by atoms with van der Waals surface area (Å²) >= 11 is 0. The van der Waals surface area contributed by atoms with Crippen molar-refractivity contribution < 1.29 is 52.5 Å². The van der Waals surface area contributed by atoms with Gasteiger partial charge in [0.15, 0.2) is 12.2 Å². The predicted octanol–water partition coefficient (Wildman–Crippen LogP) is 1.37. The first-order valence-corrected chi connectivity index (χ1v) is 12.3. The van der Waals surface area contributed by atoms with Crippen molar-refractivity contribution in [3.8, 4) is 0 Å². The highest BCUT2D eigenvalue weighted by Crippen LogP contribution is 2.35. The first-order valence-electron chi connectivity index (χ1n) is 12.3. The molecular weight excluding hydrogens is 516 g/mol. The molecule has 3 amide bonds. The SMILES string of the molecule is CC(=O)OC[C@H]1O[C@@H](CNC(=O)OC(C)(C)C)[C@H](N2C(=O)c3ccccc3C2=O)[C@@H](OC(C)=O)[C@@H]1OC(C)=O. The van der Waals surface area contributed by atoms with Gasteiger partial charge in [0, 0.05) is 27.3 Å². The minimum Gasteiger partial charge on any atom is -0.463 e. The van der Waals surface area contributed by atoms with Crippen molar-refractivity contribution in [3.63, 3.8) is 0 Å². The van der Waals surface area contributed by atoms with Crippen LogP contribution in [-0.4, -0.2) is 89.9 Å². The number of hydrogen-bond donors (Lipinski definition) is 1. The number of ether oxygens (including phenoxy) is 5. The topological polar surface area (TPSA) is 164 Å². The number of carbonyl (C=O) groups excluding carboxylic acids is 6. The Morgan fingerprint density at radius 1 is 0.872 bits per heavy atom. The maximum atomic E-state index is 13.5. The summed E-state index contributed by atoms with van der Waals surface area (Å²) in [6, 6.07) is 4.77. The van der Waals surface area contributed by atoms with E-state index in [1.165, 1.54) is 12.1 Å². The van der Waals surface area contributed by atoms with E-state index in [4.69, 9.17) is 23.7 Å². The first-order chi connectivity index (χ1) is 18.2. The quantitative estimate of drug-likeness (QED) is 0.297. The molecule has 1 aromatic carbocycles. The second-order valence-electron chi connectivity index (χ2n) is 10.1. The molecular formula is C26H32N2O11. The molecule has 212 valence electrons. The van der Waals surface area contributed by atoms with Gasteiger partial charge in [0.05, 0.1) is 11.1 Å². The Morgan fingerprint density at radius 3 is 1.90 bits per heavy atom. The van der Waals surface area contributed by atoms with E-state index >= 15 is 0 Å². The van der Waals surface area contributed by atoms with E-state index in [0.717, 1.165) is 25.7 Å². The second-order valence-corrected chi connectivity index (χ2v) is 10.1. The number of amides is 3. The van der Waals surface area contributed by atoms with Gasteiger partial charge in [-0.2, -0.15) is 0 Å². The highest BCUT2D eigenvalue weighted by Gasteiger charge is 2.56. The maximum Gasteiger partial charge on any atom is 0.407 e. The van der Waals surface area contributed by atoms with E-state index < -0.39 is 78.5 Å². The van der Waals surface area contributed by atoms with Gasteiger partial charge in [-0.1, -0.05) is 12.1 Å². The number of fused-ring (bicyclic) bond motifs is 1. The fraction of sp³-hybridized carbons (Fsp3) is 0.538. The molecule has 1 N–H and O–H groups in total. The van der Waals surface area contributed by atoms with Crippen LogP contribution in [-0.2, 0) is 38.1 Å². The Bertz CT molecular complexity index is 1120. The van der Waals surface area contributed by atoms with Crippen molar-refractivity contribution in [3.05, 3.63) is 35.4 Å². The maximum absolute atomic E-state index is 13.5. The number of imide groups is 1. The van der Waals surface area contributed by atoms with Gasteiger partial charge in [0.1, 0.15) is 30.5 Å². The highest BCUT2D eigenvalue weighted by atomic mass is 16.6. The molecule has 0 spiro atoms. The molecule has 1 aromatic rings. The number of rotatable bonds is 7. The fourth-order valence-corrected chi connectivity index (χ4v) is 4.46. The molecule has 13 heteroatoms. The summed E-state index contributed by atoms with van der Waals surface area (Å²) in [7, 11) is 0. The molecule has 0 aliphatic carbocycles. The lowest BCUT2D eigenvalue weighted by Crippen LogP contribution is -2.68. The van der Waals surface area contributed by atoms with Gasteiger partial charge in [-0.25, -0.2) is 4.79 Å². The van der Waals surface area contributed by atoms with Crippen LogP contribution < -0.4 is 5.32 Å². The summed E-state index contributed by atoms with van der Waals surface area (Å²) in [4.78, 5) is 76.0. The number of alkyl carbamates (subject to hydrolysis) is 1. The van der Waals surface area contributed by atoms with E-state index in [1.807, 2.05) is 0 Å². The zero-order valence-corrected chi connectivity index (χ0v) is 22.5. The van der Waals surface area contributed by atoms with Crippen LogP contribution >= 0.6 is 0 Å². The Morgan fingerprint density at radius 2 is 1.41 bits per heavy atom. The van der Waals surface area contributed by atoms with Crippen LogP contribution in [0.25, 0.3) is 0 Å². The molecule has 13 nitrogen and oxygen atoms in total. The minimum absolute atomic E-state index is 0.119. The summed E-state index contributed by atoms with van der Waals surface area (Å²) in [5.74, 6) is -3.62. The lowest BCUT2D eigenvalue weighted by Gasteiger charge is -2.47. The average molecular weight is 549 g/mol. The van der Waals surface area contributed by atoms with E-state index in [0.29, 0.717) is 0 Å². The van der Waals surface area contributed by atoms with Crippen LogP contribution in [0.5, 0.6) is 0 Å². The molecule has 0 bridgehead atoms. The number of hydrogen-bond acceptors (Lipinski definition) is 11. The fourth-order valence-electron chi connectivity index (χ4n) is 4.46. The number of carbonyl (C=O) groups is 6. The molecule has 1 fully saturated rings. The average Bonchev–Trinajstić information content (AvgIpc) is 3.06. The van der Waals surface area contributed by atoms with Crippen molar-refractivity contribution in [2.75, 3.05) is 13.2 Å². The largest absolute Gasteiger partial charge is 0.463 e. The van der Waals surface area contributed by atoms with Crippen LogP contribution in [0, 0.1) is 0 Å². The molecule has 1 saturated heterocycles. The molecule has 0 radical (unpaired) electrons. The van der Waals surface area contributed by atoms with Crippen LogP contribution in [0.2, 0.25) is 0 Å². The smallest absolute Gasteiger partial charge is 0.407 e. The van der Waals surface area contributed by atoms with E-state index in [2.05, 4.69) is 5.32 Å². The minimum atomic E-state index is -1.44.